The molecule has 1 aromatic carbocycles. The van der Waals surface area contributed by atoms with E-state index in [0.717, 1.165) is 18.4 Å². The number of amides is 3. The highest BCUT2D eigenvalue weighted by atomic mass is 16.2. The number of carbonyl (C=O) groups excluding carboxylic acids is 3. The molecule has 1 aliphatic rings. The first-order valence-electron chi connectivity index (χ1n) is 11.3. The van der Waals surface area contributed by atoms with Gasteiger partial charge in [-0.2, -0.15) is 0 Å². The van der Waals surface area contributed by atoms with E-state index >= 15 is 0 Å². The van der Waals surface area contributed by atoms with E-state index in [0.29, 0.717) is 31.2 Å². The van der Waals surface area contributed by atoms with Crippen molar-refractivity contribution >= 4 is 17.7 Å². The van der Waals surface area contributed by atoms with Crippen molar-refractivity contribution in [1.29, 1.82) is 0 Å². The number of hydrogen-bond acceptors (Lipinski definition) is 3. The lowest BCUT2D eigenvalue weighted by molar-refractivity contribution is -0.141. The van der Waals surface area contributed by atoms with E-state index in [9.17, 15) is 14.4 Å². The van der Waals surface area contributed by atoms with Crippen molar-refractivity contribution in [3.05, 3.63) is 48.0 Å². The number of nitrogens with zero attached hydrogens (tertiary/aromatic N) is 1. The molecule has 1 saturated heterocycles. The first-order chi connectivity index (χ1) is 14.7. The zero-order valence-corrected chi connectivity index (χ0v) is 19.2. The SMILES string of the molecule is CC(C)C[C@H](C)/C=C/[C@H](Cc1ccccc1)C(=O)N1CCC[C@H]1C(=O)N[C@@H](C)C(N)=O. The summed E-state index contributed by atoms with van der Waals surface area (Å²) in [6.07, 6.45) is 7.15. The fourth-order valence-electron chi connectivity index (χ4n) is 4.15. The molecule has 1 fully saturated rings. The Bertz CT molecular complexity index is 775. The predicted octanol–water partition coefficient (Wildman–Crippen LogP) is 3.06. The third kappa shape index (κ3) is 7.53. The molecule has 1 aliphatic heterocycles. The van der Waals surface area contributed by atoms with Crippen molar-refractivity contribution in [1.82, 2.24) is 10.2 Å². The third-order valence-electron chi connectivity index (χ3n) is 5.75. The molecule has 1 heterocycles. The largest absolute Gasteiger partial charge is 0.368 e. The molecule has 0 saturated carbocycles. The lowest BCUT2D eigenvalue weighted by Crippen LogP contribution is -2.52. The van der Waals surface area contributed by atoms with E-state index in [1.807, 2.05) is 36.4 Å². The molecule has 4 atom stereocenters. The Labute approximate surface area is 186 Å². The van der Waals surface area contributed by atoms with Gasteiger partial charge < -0.3 is 16.0 Å². The maximum Gasteiger partial charge on any atom is 0.243 e. The average Bonchev–Trinajstić information content (AvgIpc) is 3.20. The van der Waals surface area contributed by atoms with Crippen molar-refractivity contribution in [2.24, 2.45) is 23.5 Å². The lowest BCUT2D eigenvalue weighted by Gasteiger charge is -2.28. The molecule has 1 aromatic rings. The normalized spacial score (nSPS) is 19.4. The van der Waals surface area contributed by atoms with Crippen molar-refractivity contribution in [2.75, 3.05) is 6.54 Å². The summed E-state index contributed by atoms with van der Waals surface area (Å²) in [5, 5.41) is 2.64. The van der Waals surface area contributed by atoms with E-state index in [-0.39, 0.29) is 17.7 Å². The smallest absolute Gasteiger partial charge is 0.243 e. The summed E-state index contributed by atoms with van der Waals surface area (Å²) in [6.45, 7) is 8.65. The highest BCUT2D eigenvalue weighted by Crippen LogP contribution is 2.24. The Morgan fingerprint density at radius 1 is 1.13 bits per heavy atom. The summed E-state index contributed by atoms with van der Waals surface area (Å²) >= 11 is 0. The van der Waals surface area contributed by atoms with Crippen molar-refractivity contribution in [3.63, 3.8) is 0 Å². The van der Waals surface area contributed by atoms with Crippen LogP contribution in [-0.2, 0) is 20.8 Å². The van der Waals surface area contributed by atoms with Gasteiger partial charge in [-0.1, -0.05) is 63.3 Å². The number of hydrogen-bond donors (Lipinski definition) is 2. The van der Waals surface area contributed by atoms with Crippen LogP contribution in [0, 0.1) is 17.8 Å². The number of likely N-dealkylation sites (tertiary alicyclic amines) is 1. The molecule has 0 unspecified atom stereocenters. The van der Waals surface area contributed by atoms with E-state index in [4.69, 9.17) is 5.73 Å². The van der Waals surface area contributed by atoms with Gasteiger partial charge in [0, 0.05) is 6.54 Å². The second kappa shape index (κ2) is 11.7. The number of rotatable bonds is 10. The highest BCUT2D eigenvalue weighted by Gasteiger charge is 2.37. The Morgan fingerprint density at radius 2 is 1.81 bits per heavy atom. The second-order valence-electron chi connectivity index (χ2n) is 9.11. The first kappa shape index (κ1) is 24.6. The van der Waals surface area contributed by atoms with Gasteiger partial charge in [-0.3, -0.25) is 14.4 Å². The fraction of sp³-hybridized carbons (Fsp3) is 0.560. The Morgan fingerprint density at radius 3 is 2.42 bits per heavy atom. The summed E-state index contributed by atoms with van der Waals surface area (Å²) < 4.78 is 0. The van der Waals surface area contributed by atoms with Crippen LogP contribution < -0.4 is 11.1 Å². The molecule has 6 heteroatoms. The van der Waals surface area contributed by atoms with Crippen LogP contribution >= 0.6 is 0 Å². The maximum atomic E-state index is 13.5. The molecule has 6 nitrogen and oxygen atoms in total. The molecule has 31 heavy (non-hydrogen) atoms. The van der Waals surface area contributed by atoms with Gasteiger partial charge in [0.15, 0.2) is 0 Å². The van der Waals surface area contributed by atoms with Crippen LogP contribution in [0.5, 0.6) is 0 Å². The minimum absolute atomic E-state index is 0.0405. The Hall–Kier alpha value is -2.63. The molecule has 0 spiro atoms. The van der Waals surface area contributed by atoms with Crippen LogP contribution in [0.15, 0.2) is 42.5 Å². The lowest BCUT2D eigenvalue weighted by atomic mass is 9.93. The van der Waals surface area contributed by atoms with Gasteiger partial charge >= 0.3 is 0 Å². The number of nitrogens with two attached hydrogens (primary N) is 1. The number of nitrogens with one attached hydrogen (secondary N) is 1. The fourth-order valence-corrected chi connectivity index (χ4v) is 4.15. The molecular weight excluding hydrogens is 390 g/mol. The van der Waals surface area contributed by atoms with Crippen molar-refractivity contribution in [3.8, 4) is 0 Å². The van der Waals surface area contributed by atoms with E-state index in [1.165, 1.54) is 0 Å². The molecule has 0 aromatic heterocycles. The molecule has 170 valence electrons. The van der Waals surface area contributed by atoms with Gasteiger partial charge in [-0.15, -0.1) is 0 Å². The topological polar surface area (TPSA) is 92.5 Å². The van der Waals surface area contributed by atoms with Gasteiger partial charge in [0.2, 0.25) is 17.7 Å². The van der Waals surface area contributed by atoms with Crippen LogP contribution in [0.25, 0.3) is 0 Å². The quantitative estimate of drug-likeness (QED) is 0.562. The number of carbonyl (C=O) groups is 3. The molecule has 3 N–H and O–H groups in total. The summed E-state index contributed by atoms with van der Waals surface area (Å²) in [4.78, 5) is 39.2. The zero-order valence-electron chi connectivity index (χ0n) is 19.2. The molecule has 0 aliphatic carbocycles. The molecule has 0 bridgehead atoms. The van der Waals surface area contributed by atoms with Gasteiger partial charge in [-0.25, -0.2) is 0 Å². The van der Waals surface area contributed by atoms with E-state index in [1.54, 1.807) is 11.8 Å². The average molecular weight is 428 g/mol. The van der Waals surface area contributed by atoms with Gasteiger partial charge in [-0.05, 0) is 50.0 Å². The van der Waals surface area contributed by atoms with Gasteiger partial charge in [0.25, 0.3) is 0 Å². The second-order valence-corrected chi connectivity index (χ2v) is 9.11. The van der Waals surface area contributed by atoms with Gasteiger partial charge in [0.05, 0.1) is 5.92 Å². The summed E-state index contributed by atoms with van der Waals surface area (Å²) in [5.41, 5.74) is 6.36. The van der Waals surface area contributed by atoms with Crippen LogP contribution in [0.4, 0.5) is 0 Å². The Kier molecular flexibility index (Phi) is 9.28. The van der Waals surface area contributed by atoms with Crippen molar-refractivity contribution in [2.45, 2.75) is 65.5 Å². The number of primary amides is 1. The summed E-state index contributed by atoms with van der Waals surface area (Å²) in [7, 11) is 0. The summed E-state index contributed by atoms with van der Waals surface area (Å²) in [5.74, 6) is -0.316. The number of benzene rings is 1. The highest BCUT2D eigenvalue weighted by molar-refractivity contribution is 5.92. The minimum atomic E-state index is -0.762. The van der Waals surface area contributed by atoms with Gasteiger partial charge in [0.1, 0.15) is 12.1 Å². The number of allylic oxidation sites excluding steroid dienone is 1. The molecule has 2 rings (SSSR count). The minimum Gasteiger partial charge on any atom is -0.368 e. The molecular formula is C25H37N3O3. The Balaban J connectivity index is 2.18. The standard InChI is InChI=1S/C25H37N3O3/c1-17(2)15-18(3)12-13-21(16-20-9-6-5-7-10-20)25(31)28-14-8-11-22(28)24(30)27-19(4)23(26)29/h5-7,9-10,12-13,17-19,21-22H,8,11,14-16H2,1-4H3,(H2,26,29)(H,27,30)/b13-12+/t18-,19+,21-,22+/m1/s1. The monoisotopic (exact) mass is 427 g/mol. The molecule has 0 radical (unpaired) electrons. The predicted molar refractivity (Wildman–Crippen MR) is 123 cm³/mol. The van der Waals surface area contributed by atoms with E-state index < -0.39 is 18.0 Å². The van der Waals surface area contributed by atoms with Crippen LogP contribution in [0.2, 0.25) is 0 Å². The summed E-state index contributed by atoms with van der Waals surface area (Å²) in [6, 6.07) is 8.62. The maximum absolute atomic E-state index is 13.5. The first-order valence-corrected chi connectivity index (χ1v) is 11.3. The van der Waals surface area contributed by atoms with Crippen LogP contribution in [0.3, 0.4) is 0 Å². The van der Waals surface area contributed by atoms with Crippen molar-refractivity contribution < 1.29 is 14.4 Å². The zero-order chi connectivity index (χ0) is 23.0. The third-order valence-corrected chi connectivity index (χ3v) is 5.75. The molecule has 3 amide bonds. The van der Waals surface area contributed by atoms with E-state index in [2.05, 4.69) is 32.2 Å². The van der Waals surface area contributed by atoms with Crippen LogP contribution in [0.1, 0.15) is 52.5 Å². The van der Waals surface area contributed by atoms with Crippen LogP contribution in [-0.4, -0.2) is 41.2 Å².